The van der Waals surface area contributed by atoms with Crippen LogP contribution in [0.2, 0.25) is 0 Å². The molecule has 0 heterocycles. The lowest BCUT2D eigenvalue weighted by molar-refractivity contribution is -0.889. The van der Waals surface area contributed by atoms with Gasteiger partial charge in [0, 0.05) is 19.3 Å². The van der Waals surface area contributed by atoms with E-state index in [0.29, 0.717) is 12.8 Å². The van der Waals surface area contributed by atoms with Crippen molar-refractivity contribution in [3.63, 3.8) is 0 Å². The van der Waals surface area contributed by atoms with Crippen LogP contribution in [-0.2, 0) is 28.6 Å². The number of esters is 2. The Morgan fingerprint density at radius 3 is 1.46 bits per heavy atom. The van der Waals surface area contributed by atoms with Crippen molar-refractivity contribution in [1.82, 2.24) is 0 Å². The standard InChI is InChI=1S/C46H83NO7/c1-6-8-10-12-14-16-18-20-22-23-25-27-29-31-33-35-37-45(49)54-42(40-52-39-38-43(46(50)51)47(3,4)5)41-53-44(48)36-34-32-30-28-26-24-21-19-17-15-13-11-9-7-2/h16,18-19,21-23,42-43H,6-15,17,20,24-41H2,1-5H3/b18-16-,21-19-,23-22-. The Kier molecular flexibility index (Phi) is 35.8. The monoisotopic (exact) mass is 762 g/mol. The second kappa shape index (κ2) is 37.5. The van der Waals surface area contributed by atoms with Crippen molar-refractivity contribution in [3.05, 3.63) is 36.5 Å². The first-order valence-corrected chi connectivity index (χ1v) is 22.0. The largest absolute Gasteiger partial charge is 0.544 e. The molecule has 0 N–H and O–H groups in total. The molecular weight excluding hydrogens is 679 g/mol. The highest BCUT2D eigenvalue weighted by molar-refractivity contribution is 5.70. The van der Waals surface area contributed by atoms with Crippen molar-refractivity contribution in [2.45, 2.75) is 199 Å². The summed E-state index contributed by atoms with van der Waals surface area (Å²) in [5.41, 5.74) is 0. The molecule has 0 aliphatic rings. The first kappa shape index (κ1) is 51.5. The predicted octanol–water partition coefficient (Wildman–Crippen LogP) is 10.5. The fraction of sp³-hybridized carbons (Fsp3) is 0.804. The molecule has 8 heteroatoms. The quantitative estimate of drug-likeness (QED) is 0.0266. The molecule has 0 saturated carbocycles. The van der Waals surface area contributed by atoms with E-state index in [1.54, 1.807) is 21.1 Å². The lowest BCUT2D eigenvalue weighted by atomic mass is 10.1. The number of carbonyl (C=O) groups is 3. The molecule has 0 fully saturated rings. The first-order valence-electron chi connectivity index (χ1n) is 22.0. The topological polar surface area (TPSA) is 102 Å². The fourth-order valence-electron chi connectivity index (χ4n) is 6.27. The van der Waals surface area contributed by atoms with Gasteiger partial charge in [-0.1, -0.05) is 134 Å². The van der Waals surface area contributed by atoms with Gasteiger partial charge in [0.2, 0.25) is 0 Å². The summed E-state index contributed by atoms with van der Waals surface area (Å²) in [5.74, 6) is -1.76. The van der Waals surface area contributed by atoms with Crippen LogP contribution in [0, 0.1) is 0 Å². The Bertz CT molecular complexity index is 984. The molecule has 0 aliphatic heterocycles. The summed E-state index contributed by atoms with van der Waals surface area (Å²) in [6.45, 7) is 4.61. The number of aliphatic carboxylic acids is 1. The maximum absolute atomic E-state index is 12.7. The van der Waals surface area contributed by atoms with E-state index in [-0.39, 0.29) is 42.7 Å². The number of hydrogen-bond donors (Lipinski definition) is 0. The van der Waals surface area contributed by atoms with Gasteiger partial charge in [-0.3, -0.25) is 9.59 Å². The van der Waals surface area contributed by atoms with Gasteiger partial charge in [0.05, 0.1) is 40.3 Å². The molecule has 0 saturated heterocycles. The minimum Gasteiger partial charge on any atom is -0.544 e. The summed E-state index contributed by atoms with van der Waals surface area (Å²) in [5, 5.41) is 11.6. The number of quaternary nitrogens is 1. The molecule has 0 aromatic rings. The van der Waals surface area contributed by atoms with E-state index < -0.39 is 18.1 Å². The van der Waals surface area contributed by atoms with Gasteiger partial charge in [-0.15, -0.1) is 0 Å². The third-order valence-corrected chi connectivity index (χ3v) is 9.75. The molecule has 0 amide bonds. The highest BCUT2D eigenvalue weighted by Crippen LogP contribution is 2.13. The van der Waals surface area contributed by atoms with E-state index in [9.17, 15) is 19.5 Å². The minimum atomic E-state index is -1.13. The van der Waals surface area contributed by atoms with Crippen LogP contribution >= 0.6 is 0 Å². The summed E-state index contributed by atoms with van der Waals surface area (Å²) in [4.78, 5) is 36.8. The van der Waals surface area contributed by atoms with Crippen molar-refractivity contribution >= 4 is 17.9 Å². The normalized spacial score (nSPS) is 13.3. The van der Waals surface area contributed by atoms with Crippen LogP contribution in [-0.4, -0.2) is 75.5 Å². The van der Waals surface area contributed by atoms with E-state index in [1.165, 1.54) is 77.0 Å². The summed E-state index contributed by atoms with van der Waals surface area (Å²) >= 11 is 0. The Hall–Kier alpha value is -2.45. The summed E-state index contributed by atoms with van der Waals surface area (Å²) in [6, 6.07) is -0.728. The summed E-state index contributed by atoms with van der Waals surface area (Å²) < 4.78 is 17.1. The van der Waals surface area contributed by atoms with Crippen molar-refractivity contribution in [2.24, 2.45) is 0 Å². The smallest absolute Gasteiger partial charge is 0.306 e. The van der Waals surface area contributed by atoms with E-state index in [1.807, 2.05) is 0 Å². The van der Waals surface area contributed by atoms with Crippen molar-refractivity contribution < 1.29 is 38.2 Å². The Morgan fingerprint density at radius 1 is 0.556 bits per heavy atom. The third-order valence-electron chi connectivity index (χ3n) is 9.75. The lowest BCUT2D eigenvalue weighted by Crippen LogP contribution is -2.55. The van der Waals surface area contributed by atoms with Gasteiger partial charge in [0.25, 0.3) is 0 Å². The number of likely N-dealkylation sites (N-methyl/N-ethyl adjacent to an activating group) is 1. The van der Waals surface area contributed by atoms with Crippen LogP contribution in [0.1, 0.15) is 187 Å². The van der Waals surface area contributed by atoms with Crippen molar-refractivity contribution in [2.75, 3.05) is 41.0 Å². The molecule has 0 spiro atoms. The van der Waals surface area contributed by atoms with Gasteiger partial charge < -0.3 is 28.6 Å². The number of ether oxygens (including phenoxy) is 3. The number of carbonyl (C=O) groups excluding carboxylic acids is 3. The SMILES string of the molecule is CCCCCC/C=C\C/C=C\CCCCCCCC(=O)OC(COCCC(C(=O)[O-])[N+](C)(C)C)COC(=O)CCCCCCC/C=C\CCCCCCC. The van der Waals surface area contributed by atoms with Crippen LogP contribution in [0.25, 0.3) is 0 Å². The zero-order chi connectivity index (χ0) is 40.0. The minimum absolute atomic E-state index is 0.0332. The molecule has 8 nitrogen and oxygen atoms in total. The zero-order valence-electron chi connectivity index (χ0n) is 35.6. The predicted molar refractivity (Wildman–Crippen MR) is 222 cm³/mol. The van der Waals surface area contributed by atoms with Gasteiger partial charge in [-0.2, -0.15) is 0 Å². The number of hydrogen-bond acceptors (Lipinski definition) is 7. The molecule has 0 aromatic carbocycles. The Balaban J connectivity index is 4.39. The zero-order valence-corrected chi connectivity index (χ0v) is 35.6. The fourth-order valence-corrected chi connectivity index (χ4v) is 6.27. The molecular formula is C46H83NO7. The first-order chi connectivity index (χ1) is 26.1. The van der Waals surface area contributed by atoms with E-state index in [0.717, 1.165) is 77.0 Å². The molecule has 54 heavy (non-hydrogen) atoms. The maximum atomic E-state index is 12.7. The number of nitrogens with zero attached hydrogens (tertiary/aromatic N) is 1. The lowest BCUT2D eigenvalue weighted by Gasteiger charge is -2.34. The van der Waals surface area contributed by atoms with Gasteiger partial charge in [0.15, 0.2) is 6.10 Å². The van der Waals surface area contributed by atoms with Crippen LogP contribution < -0.4 is 5.11 Å². The highest BCUT2D eigenvalue weighted by Gasteiger charge is 2.25. The van der Waals surface area contributed by atoms with Gasteiger partial charge >= 0.3 is 11.9 Å². The molecule has 2 atom stereocenters. The second-order valence-corrected chi connectivity index (χ2v) is 15.9. The van der Waals surface area contributed by atoms with Crippen molar-refractivity contribution in [3.8, 4) is 0 Å². The van der Waals surface area contributed by atoms with Crippen LogP contribution in [0.3, 0.4) is 0 Å². The second-order valence-electron chi connectivity index (χ2n) is 15.9. The maximum Gasteiger partial charge on any atom is 0.306 e. The molecule has 0 rings (SSSR count). The number of carboxylic acids is 1. The summed E-state index contributed by atoms with van der Waals surface area (Å²) in [7, 11) is 5.40. The third kappa shape index (κ3) is 35.3. The van der Waals surface area contributed by atoms with Gasteiger partial charge in [-0.05, 0) is 70.6 Å². The van der Waals surface area contributed by atoms with Crippen LogP contribution in [0.4, 0.5) is 0 Å². The number of rotatable bonds is 39. The molecule has 0 bridgehead atoms. The Morgan fingerprint density at radius 2 is 0.981 bits per heavy atom. The molecule has 2 unspecified atom stereocenters. The Labute approximate surface area is 332 Å². The van der Waals surface area contributed by atoms with Crippen LogP contribution in [0.15, 0.2) is 36.5 Å². The average Bonchev–Trinajstić information content (AvgIpc) is 3.12. The van der Waals surface area contributed by atoms with Gasteiger partial charge in [0.1, 0.15) is 12.6 Å². The van der Waals surface area contributed by atoms with Crippen molar-refractivity contribution in [1.29, 1.82) is 0 Å². The van der Waals surface area contributed by atoms with E-state index in [4.69, 9.17) is 14.2 Å². The highest BCUT2D eigenvalue weighted by atomic mass is 16.6. The molecule has 0 radical (unpaired) electrons. The number of allylic oxidation sites excluding steroid dienone is 6. The average molecular weight is 762 g/mol. The summed E-state index contributed by atoms with van der Waals surface area (Å²) in [6.07, 6.45) is 41.6. The van der Waals surface area contributed by atoms with E-state index >= 15 is 0 Å². The molecule has 314 valence electrons. The number of carboxylic acid groups (broad SMARTS) is 1. The van der Waals surface area contributed by atoms with Crippen LogP contribution in [0.5, 0.6) is 0 Å². The molecule has 0 aromatic heterocycles. The number of unbranched alkanes of at least 4 members (excludes halogenated alkanes) is 19. The van der Waals surface area contributed by atoms with Gasteiger partial charge in [-0.25, -0.2) is 0 Å². The van der Waals surface area contributed by atoms with E-state index in [2.05, 4.69) is 50.3 Å². The molecule has 0 aliphatic carbocycles.